The van der Waals surface area contributed by atoms with Crippen molar-refractivity contribution < 1.29 is 0 Å². The lowest BCUT2D eigenvalue weighted by Crippen LogP contribution is -2.15. The van der Waals surface area contributed by atoms with Crippen LogP contribution in [0.2, 0.25) is 0 Å². The molecule has 0 spiro atoms. The summed E-state index contributed by atoms with van der Waals surface area (Å²) >= 11 is 0. The van der Waals surface area contributed by atoms with Gasteiger partial charge in [0.1, 0.15) is 0 Å². The van der Waals surface area contributed by atoms with Gasteiger partial charge in [-0.3, -0.25) is 0 Å². The van der Waals surface area contributed by atoms with E-state index in [4.69, 9.17) is 9.97 Å². The maximum atomic E-state index is 5.12. The molecule has 4 heteroatoms. The zero-order valence-corrected chi connectivity index (χ0v) is 32.8. The van der Waals surface area contributed by atoms with Crippen LogP contribution < -0.4 is 0 Å². The van der Waals surface area contributed by atoms with Gasteiger partial charge in [0.05, 0.1) is 33.5 Å². The monoisotopic (exact) mass is 754 g/mol. The number of aromatic nitrogens is 4. The first kappa shape index (κ1) is 33.6. The van der Waals surface area contributed by atoms with E-state index in [9.17, 15) is 0 Å². The highest BCUT2D eigenvalue weighted by molar-refractivity contribution is 6.26. The molecule has 3 aromatic heterocycles. The molecular formula is C55H38N4. The minimum Gasteiger partial charge on any atom is -0.309 e. The minimum absolute atomic E-state index is 0.0937. The summed E-state index contributed by atoms with van der Waals surface area (Å²) < 4.78 is 4.92. The summed E-state index contributed by atoms with van der Waals surface area (Å²) in [5, 5.41) is 4.94. The lowest BCUT2D eigenvalue weighted by Gasteiger charge is -2.22. The van der Waals surface area contributed by atoms with Crippen molar-refractivity contribution in [2.75, 3.05) is 0 Å². The van der Waals surface area contributed by atoms with Crippen LogP contribution in [-0.2, 0) is 5.41 Å². The van der Waals surface area contributed by atoms with Crippen molar-refractivity contribution in [3.63, 3.8) is 0 Å². The molecule has 0 amide bonds. The maximum absolute atomic E-state index is 5.12. The van der Waals surface area contributed by atoms with Gasteiger partial charge in [-0.25, -0.2) is 9.97 Å². The number of benzene rings is 8. The lowest BCUT2D eigenvalue weighted by atomic mass is 9.82. The Morgan fingerprint density at radius 1 is 0.390 bits per heavy atom. The van der Waals surface area contributed by atoms with E-state index in [0.717, 1.165) is 33.8 Å². The summed E-state index contributed by atoms with van der Waals surface area (Å²) in [6, 6.07) is 69.8. The predicted molar refractivity (Wildman–Crippen MR) is 245 cm³/mol. The molecule has 0 N–H and O–H groups in total. The fourth-order valence-electron chi connectivity index (χ4n) is 9.74. The van der Waals surface area contributed by atoms with Crippen molar-refractivity contribution >= 4 is 43.6 Å². The fraction of sp³-hybridized carbons (Fsp3) is 0.0545. The number of para-hydroxylation sites is 2. The van der Waals surface area contributed by atoms with E-state index < -0.39 is 0 Å². The van der Waals surface area contributed by atoms with Gasteiger partial charge < -0.3 is 9.13 Å². The molecule has 11 aromatic rings. The van der Waals surface area contributed by atoms with Crippen LogP contribution in [0.1, 0.15) is 25.0 Å². The highest BCUT2D eigenvalue weighted by Gasteiger charge is 2.35. The Morgan fingerprint density at radius 3 is 1.68 bits per heavy atom. The smallest absolute Gasteiger partial charge is 0.160 e. The van der Waals surface area contributed by atoms with Crippen LogP contribution >= 0.6 is 0 Å². The van der Waals surface area contributed by atoms with Gasteiger partial charge in [0.2, 0.25) is 0 Å². The van der Waals surface area contributed by atoms with E-state index in [1.54, 1.807) is 0 Å². The summed E-state index contributed by atoms with van der Waals surface area (Å²) in [4.78, 5) is 10.2. The predicted octanol–water partition coefficient (Wildman–Crippen LogP) is 14.0. The van der Waals surface area contributed by atoms with E-state index in [1.165, 1.54) is 71.6 Å². The summed E-state index contributed by atoms with van der Waals surface area (Å²) in [7, 11) is 0. The third-order valence-electron chi connectivity index (χ3n) is 12.5. The molecule has 12 rings (SSSR count). The lowest BCUT2D eigenvalue weighted by molar-refractivity contribution is 0.660. The van der Waals surface area contributed by atoms with E-state index in [2.05, 4.69) is 205 Å². The first-order chi connectivity index (χ1) is 29.0. The van der Waals surface area contributed by atoms with E-state index in [0.29, 0.717) is 5.82 Å². The molecule has 1 aliphatic carbocycles. The van der Waals surface area contributed by atoms with E-state index in [1.807, 2.05) is 12.1 Å². The van der Waals surface area contributed by atoms with Crippen LogP contribution in [-0.4, -0.2) is 19.1 Å². The van der Waals surface area contributed by atoms with Gasteiger partial charge in [0, 0.05) is 55.0 Å². The van der Waals surface area contributed by atoms with Crippen molar-refractivity contribution in [1.29, 1.82) is 0 Å². The third-order valence-corrected chi connectivity index (χ3v) is 12.5. The summed E-state index contributed by atoms with van der Waals surface area (Å²) in [6.45, 7) is 4.71. The van der Waals surface area contributed by atoms with Crippen LogP contribution in [0.15, 0.2) is 194 Å². The molecule has 59 heavy (non-hydrogen) atoms. The zero-order valence-electron chi connectivity index (χ0n) is 32.8. The number of hydrogen-bond donors (Lipinski definition) is 0. The normalized spacial score (nSPS) is 13.1. The second-order valence-electron chi connectivity index (χ2n) is 16.2. The molecule has 0 radical (unpaired) electrons. The van der Waals surface area contributed by atoms with Gasteiger partial charge >= 0.3 is 0 Å². The fourth-order valence-corrected chi connectivity index (χ4v) is 9.74. The molecule has 0 atom stereocenters. The summed E-state index contributed by atoms with van der Waals surface area (Å²) in [6.07, 6.45) is 0. The van der Waals surface area contributed by atoms with E-state index >= 15 is 0 Å². The highest BCUT2D eigenvalue weighted by atomic mass is 15.0. The number of hydrogen-bond acceptors (Lipinski definition) is 2. The van der Waals surface area contributed by atoms with Gasteiger partial charge in [-0.2, -0.15) is 0 Å². The van der Waals surface area contributed by atoms with E-state index in [-0.39, 0.29) is 5.41 Å². The van der Waals surface area contributed by atoms with Crippen LogP contribution in [0.25, 0.3) is 100 Å². The second kappa shape index (κ2) is 12.7. The molecule has 1 aliphatic rings. The molecule has 0 bridgehead atoms. The SMILES string of the molecule is CC1(C)c2ccccc2-c2ccc(-n3c4ccccc4c4c3ccc3c5ccccc5n(-c5ccc(-c6nc(-c7ccccc7)cc(-c7ccccc7)n6)cc5)c34)cc21. The average Bonchev–Trinajstić information content (AvgIpc) is 3.90. The van der Waals surface area contributed by atoms with Crippen LogP contribution in [0.4, 0.5) is 0 Å². The van der Waals surface area contributed by atoms with Crippen molar-refractivity contribution in [2.24, 2.45) is 0 Å². The standard InChI is InChI=1S/C55H38N4/c1-55(2)45-22-12-9-19-40(45)41-30-29-39(33-46(41)55)58-50-24-14-11-21-44(50)52-51(58)32-31-43-42-20-10-13-23-49(42)59(53(43)52)38-27-25-37(26-28-38)54-56-47(35-15-5-3-6-16-35)34-48(57-54)36-17-7-4-8-18-36/h3-34H,1-2H3. The molecular weight excluding hydrogens is 717 g/mol. The summed E-state index contributed by atoms with van der Waals surface area (Å²) in [5.41, 5.74) is 17.2. The Labute approximate surface area is 342 Å². The summed E-state index contributed by atoms with van der Waals surface area (Å²) in [5.74, 6) is 0.699. The molecule has 0 saturated carbocycles. The molecule has 3 heterocycles. The third kappa shape index (κ3) is 5.03. The Kier molecular flexibility index (Phi) is 7.24. The Bertz CT molecular complexity index is 3390. The van der Waals surface area contributed by atoms with Crippen molar-refractivity contribution in [3.05, 3.63) is 205 Å². The molecule has 0 fully saturated rings. The first-order valence-corrected chi connectivity index (χ1v) is 20.3. The Morgan fingerprint density at radius 2 is 0.966 bits per heavy atom. The zero-order chi connectivity index (χ0) is 39.2. The van der Waals surface area contributed by atoms with Crippen LogP contribution in [0, 0.1) is 0 Å². The maximum Gasteiger partial charge on any atom is 0.160 e. The quantitative estimate of drug-likeness (QED) is 0.175. The van der Waals surface area contributed by atoms with Crippen LogP contribution in [0.5, 0.6) is 0 Å². The molecule has 4 nitrogen and oxygen atoms in total. The molecule has 278 valence electrons. The molecule has 0 unspecified atom stereocenters. The minimum atomic E-state index is -0.0937. The number of fused-ring (bicyclic) bond motifs is 10. The van der Waals surface area contributed by atoms with Crippen LogP contribution in [0.3, 0.4) is 0 Å². The Balaban J connectivity index is 1.06. The molecule has 0 aliphatic heterocycles. The van der Waals surface area contributed by atoms with Gasteiger partial charge in [0.25, 0.3) is 0 Å². The molecule has 8 aromatic carbocycles. The average molecular weight is 755 g/mol. The second-order valence-corrected chi connectivity index (χ2v) is 16.2. The topological polar surface area (TPSA) is 35.6 Å². The largest absolute Gasteiger partial charge is 0.309 e. The highest BCUT2D eigenvalue weighted by Crippen LogP contribution is 2.50. The van der Waals surface area contributed by atoms with Gasteiger partial charge in [0.15, 0.2) is 5.82 Å². The van der Waals surface area contributed by atoms with Gasteiger partial charge in [-0.1, -0.05) is 147 Å². The van der Waals surface area contributed by atoms with Gasteiger partial charge in [-0.05, 0) is 82.9 Å². The molecule has 0 saturated heterocycles. The van der Waals surface area contributed by atoms with Crippen molar-refractivity contribution in [1.82, 2.24) is 19.1 Å². The van der Waals surface area contributed by atoms with Crippen molar-refractivity contribution in [3.8, 4) is 56.4 Å². The van der Waals surface area contributed by atoms with Gasteiger partial charge in [-0.15, -0.1) is 0 Å². The van der Waals surface area contributed by atoms with Crippen molar-refractivity contribution in [2.45, 2.75) is 19.3 Å². The first-order valence-electron chi connectivity index (χ1n) is 20.3. The number of nitrogens with zero attached hydrogens (tertiary/aromatic N) is 4. The number of rotatable bonds is 5. The Hall–Kier alpha value is -7.56.